The molecule has 1 aromatic carbocycles. The van der Waals surface area contributed by atoms with Crippen molar-refractivity contribution in [2.24, 2.45) is 0 Å². The van der Waals surface area contributed by atoms with E-state index in [4.69, 9.17) is 19.5 Å². The first-order valence-corrected chi connectivity index (χ1v) is 9.75. The molecule has 1 unspecified atom stereocenters. The fraction of sp³-hybridized carbons (Fsp3) is 0.435. The van der Waals surface area contributed by atoms with Crippen LogP contribution in [0.2, 0.25) is 0 Å². The number of ether oxygens (including phenoxy) is 3. The summed E-state index contributed by atoms with van der Waals surface area (Å²) >= 11 is 0. The molecule has 0 bridgehead atoms. The normalized spacial score (nSPS) is 16.6. The fourth-order valence-electron chi connectivity index (χ4n) is 3.36. The van der Waals surface area contributed by atoms with Crippen LogP contribution < -0.4 is 0 Å². The zero-order chi connectivity index (χ0) is 22.4. The van der Waals surface area contributed by atoms with Crippen LogP contribution in [0.1, 0.15) is 44.7 Å². The van der Waals surface area contributed by atoms with Gasteiger partial charge in [0.15, 0.2) is 0 Å². The zero-order valence-electron chi connectivity index (χ0n) is 18.3. The van der Waals surface area contributed by atoms with Crippen LogP contribution in [0.3, 0.4) is 0 Å². The first-order valence-electron chi connectivity index (χ1n) is 9.75. The summed E-state index contributed by atoms with van der Waals surface area (Å²) in [5, 5.41) is 9.12. The van der Waals surface area contributed by atoms with Crippen molar-refractivity contribution in [1.29, 1.82) is 5.26 Å². The summed E-state index contributed by atoms with van der Waals surface area (Å²) in [4.78, 5) is 27.9. The highest BCUT2D eigenvalue weighted by Gasteiger charge is 2.39. The predicted molar refractivity (Wildman–Crippen MR) is 111 cm³/mol. The van der Waals surface area contributed by atoms with E-state index in [0.29, 0.717) is 33.7 Å². The van der Waals surface area contributed by atoms with Crippen LogP contribution in [0.25, 0.3) is 0 Å². The minimum atomic E-state index is -0.671. The van der Waals surface area contributed by atoms with E-state index in [9.17, 15) is 9.59 Å². The number of hydrogen-bond acceptors (Lipinski definition) is 7. The molecule has 1 atom stereocenters. The molecule has 160 valence electrons. The molecule has 7 heteroatoms. The van der Waals surface area contributed by atoms with Gasteiger partial charge in [-0.05, 0) is 45.4 Å². The van der Waals surface area contributed by atoms with E-state index in [2.05, 4.69) is 6.07 Å². The second kappa shape index (κ2) is 10.1. The van der Waals surface area contributed by atoms with Crippen LogP contribution in [-0.4, -0.2) is 50.3 Å². The number of nitrogens with zero attached hydrogens (tertiary/aromatic N) is 2. The van der Waals surface area contributed by atoms with Crippen molar-refractivity contribution in [3.05, 3.63) is 57.9 Å². The molecule has 0 aromatic heterocycles. The number of esters is 2. The van der Waals surface area contributed by atoms with E-state index in [1.165, 1.54) is 7.11 Å². The lowest BCUT2D eigenvalue weighted by molar-refractivity contribution is -0.143. The van der Waals surface area contributed by atoms with Crippen molar-refractivity contribution in [2.45, 2.75) is 39.7 Å². The Morgan fingerprint density at radius 2 is 1.63 bits per heavy atom. The SMILES string of the molecule is COCCOC(=O)C1=C(C)N(C)C(C)=C(C(=O)OC(C)C)C1c1ccc(C#N)cc1. The summed E-state index contributed by atoms with van der Waals surface area (Å²) in [5.74, 6) is -1.68. The van der Waals surface area contributed by atoms with Crippen molar-refractivity contribution < 1.29 is 23.8 Å². The summed E-state index contributed by atoms with van der Waals surface area (Å²) in [6.45, 7) is 7.56. The van der Waals surface area contributed by atoms with E-state index in [-0.39, 0.29) is 19.3 Å². The van der Waals surface area contributed by atoms with Gasteiger partial charge in [0, 0.05) is 25.6 Å². The average Bonchev–Trinajstić information content (AvgIpc) is 2.71. The molecule has 1 aromatic rings. The quantitative estimate of drug-likeness (QED) is 0.501. The van der Waals surface area contributed by atoms with Gasteiger partial charge in [-0.2, -0.15) is 5.26 Å². The van der Waals surface area contributed by atoms with Crippen LogP contribution >= 0.6 is 0 Å². The topological polar surface area (TPSA) is 88.9 Å². The summed E-state index contributed by atoms with van der Waals surface area (Å²) in [7, 11) is 3.32. The number of carbonyl (C=O) groups excluding carboxylic acids is 2. The Morgan fingerprint density at radius 3 is 2.13 bits per heavy atom. The van der Waals surface area contributed by atoms with E-state index >= 15 is 0 Å². The summed E-state index contributed by atoms with van der Waals surface area (Å²) < 4.78 is 15.9. The van der Waals surface area contributed by atoms with Gasteiger partial charge in [0.2, 0.25) is 0 Å². The molecule has 0 saturated heterocycles. The van der Waals surface area contributed by atoms with Gasteiger partial charge in [-0.1, -0.05) is 12.1 Å². The molecule has 30 heavy (non-hydrogen) atoms. The Morgan fingerprint density at radius 1 is 1.07 bits per heavy atom. The lowest BCUT2D eigenvalue weighted by atomic mass is 9.79. The standard InChI is InChI=1S/C23H28N2O5/c1-14(2)30-23(27)20-16(4)25(5)15(3)19(22(26)29-12-11-28-6)21(20)18-9-7-17(13-24)8-10-18/h7-10,14,21H,11-12H2,1-6H3. The Hall–Kier alpha value is -3.11. The molecule has 1 aliphatic rings. The van der Waals surface area contributed by atoms with Crippen LogP contribution in [0, 0.1) is 11.3 Å². The number of allylic oxidation sites excluding steroid dienone is 2. The van der Waals surface area contributed by atoms with Gasteiger partial charge in [0.05, 0.1) is 41.4 Å². The molecule has 0 fully saturated rings. The highest BCUT2D eigenvalue weighted by Crippen LogP contribution is 2.42. The average molecular weight is 412 g/mol. The molecule has 0 spiro atoms. The Labute approximate surface area is 177 Å². The van der Waals surface area contributed by atoms with Gasteiger partial charge < -0.3 is 19.1 Å². The molecular formula is C23H28N2O5. The predicted octanol–water partition coefficient (Wildman–Crippen LogP) is 3.28. The minimum absolute atomic E-state index is 0.102. The number of methoxy groups -OCH3 is 1. The monoisotopic (exact) mass is 412 g/mol. The fourth-order valence-corrected chi connectivity index (χ4v) is 3.36. The van der Waals surface area contributed by atoms with Crippen LogP contribution in [0.4, 0.5) is 0 Å². The number of nitriles is 1. The van der Waals surface area contributed by atoms with Crippen molar-refractivity contribution >= 4 is 11.9 Å². The lowest BCUT2D eigenvalue weighted by Gasteiger charge is -2.36. The van der Waals surface area contributed by atoms with Gasteiger partial charge in [0.1, 0.15) is 6.61 Å². The van der Waals surface area contributed by atoms with Gasteiger partial charge in [-0.15, -0.1) is 0 Å². The van der Waals surface area contributed by atoms with Crippen molar-refractivity contribution in [1.82, 2.24) is 4.90 Å². The maximum atomic E-state index is 13.1. The largest absolute Gasteiger partial charge is 0.460 e. The second-order valence-electron chi connectivity index (χ2n) is 7.31. The van der Waals surface area contributed by atoms with E-state index < -0.39 is 17.9 Å². The first kappa shape index (κ1) is 23.2. The number of rotatable bonds is 7. The minimum Gasteiger partial charge on any atom is -0.460 e. The molecule has 0 radical (unpaired) electrons. The second-order valence-corrected chi connectivity index (χ2v) is 7.31. The summed E-state index contributed by atoms with van der Waals surface area (Å²) in [5.41, 5.74) is 3.31. The zero-order valence-corrected chi connectivity index (χ0v) is 18.3. The number of benzene rings is 1. The van der Waals surface area contributed by atoms with Crippen molar-refractivity contribution in [3.63, 3.8) is 0 Å². The molecule has 0 N–H and O–H groups in total. The third-order valence-electron chi connectivity index (χ3n) is 5.04. The van der Waals surface area contributed by atoms with Crippen LogP contribution in [-0.2, 0) is 23.8 Å². The molecule has 0 aliphatic carbocycles. The maximum Gasteiger partial charge on any atom is 0.337 e. The third kappa shape index (κ3) is 4.89. The Balaban J connectivity index is 2.62. The highest BCUT2D eigenvalue weighted by molar-refractivity contribution is 5.99. The van der Waals surface area contributed by atoms with Gasteiger partial charge >= 0.3 is 11.9 Å². The molecular weight excluding hydrogens is 384 g/mol. The lowest BCUT2D eigenvalue weighted by Crippen LogP contribution is -2.34. The Kier molecular flexibility index (Phi) is 7.79. The number of carbonyl (C=O) groups is 2. The Bertz CT molecular complexity index is 907. The molecule has 1 aliphatic heterocycles. The third-order valence-corrected chi connectivity index (χ3v) is 5.04. The molecule has 0 saturated carbocycles. The maximum absolute atomic E-state index is 13.1. The first-order chi connectivity index (χ1) is 14.2. The van der Waals surface area contributed by atoms with E-state index in [1.54, 1.807) is 50.1 Å². The molecule has 7 nitrogen and oxygen atoms in total. The van der Waals surface area contributed by atoms with Gasteiger partial charge in [-0.3, -0.25) is 0 Å². The summed E-state index contributed by atoms with van der Waals surface area (Å²) in [6.07, 6.45) is -0.311. The van der Waals surface area contributed by atoms with Crippen LogP contribution in [0.5, 0.6) is 0 Å². The molecule has 1 heterocycles. The van der Waals surface area contributed by atoms with E-state index in [0.717, 1.165) is 0 Å². The van der Waals surface area contributed by atoms with E-state index in [1.807, 2.05) is 13.8 Å². The number of hydrogen-bond donors (Lipinski definition) is 0. The highest BCUT2D eigenvalue weighted by atomic mass is 16.6. The van der Waals surface area contributed by atoms with Gasteiger partial charge in [-0.25, -0.2) is 9.59 Å². The smallest absolute Gasteiger partial charge is 0.337 e. The van der Waals surface area contributed by atoms with Crippen molar-refractivity contribution in [2.75, 3.05) is 27.4 Å². The summed E-state index contributed by atoms with van der Waals surface area (Å²) in [6, 6.07) is 8.91. The van der Waals surface area contributed by atoms with Crippen LogP contribution in [0.15, 0.2) is 46.8 Å². The van der Waals surface area contributed by atoms with Gasteiger partial charge in [0.25, 0.3) is 0 Å². The van der Waals surface area contributed by atoms with Crippen molar-refractivity contribution in [3.8, 4) is 6.07 Å². The molecule has 0 amide bonds. The molecule has 2 rings (SSSR count).